The lowest BCUT2D eigenvalue weighted by atomic mass is 9.74. The number of benzene rings is 1. The highest BCUT2D eigenvalue weighted by atomic mass is 16.5. The lowest BCUT2D eigenvalue weighted by Crippen LogP contribution is -2.44. The molecule has 0 bridgehead atoms. The van der Waals surface area contributed by atoms with Crippen LogP contribution in [0.1, 0.15) is 29.5 Å². The van der Waals surface area contributed by atoms with E-state index in [-0.39, 0.29) is 11.2 Å². The molecular formula is C16H23NO2. The topological polar surface area (TPSA) is 52.3 Å². The minimum atomic E-state index is -0.365. The Morgan fingerprint density at radius 3 is 2.32 bits per heavy atom. The molecule has 1 aliphatic heterocycles. The van der Waals surface area contributed by atoms with Crippen LogP contribution >= 0.6 is 0 Å². The molecule has 0 amide bonds. The van der Waals surface area contributed by atoms with E-state index in [1.54, 1.807) is 0 Å². The lowest BCUT2D eigenvalue weighted by molar-refractivity contribution is -0.132. The zero-order valence-electron chi connectivity index (χ0n) is 11.9. The van der Waals surface area contributed by atoms with Crippen molar-refractivity contribution in [1.29, 1.82) is 0 Å². The fourth-order valence-electron chi connectivity index (χ4n) is 2.90. The Morgan fingerprint density at radius 1 is 1.21 bits per heavy atom. The van der Waals surface area contributed by atoms with Crippen LogP contribution in [0.2, 0.25) is 0 Å². The molecule has 0 aliphatic carbocycles. The first-order valence-corrected chi connectivity index (χ1v) is 6.94. The van der Waals surface area contributed by atoms with Gasteiger partial charge in [0.05, 0.1) is 0 Å². The zero-order valence-corrected chi connectivity index (χ0v) is 11.9. The van der Waals surface area contributed by atoms with Crippen molar-refractivity contribution in [3.05, 3.63) is 34.9 Å². The molecular weight excluding hydrogens is 238 g/mol. The Hall–Kier alpha value is -1.19. The number of aryl methyl sites for hydroxylation is 2. The highest BCUT2D eigenvalue weighted by molar-refractivity contribution is 5.87. The Kier molecular flexibility index (Phi) is 4.38. The van der Waals surface area contributed by atoms with Gasteiger partial charge in [0.25, 0.3) is 0 Å². The molecule has 2 N–H and O–H groups in total. The number of nitrogens with two attached hydrogens (primary N) is 1. The van der Waals surface area contributed by atoms with Gasteiger partial charge >= 0.3 is 0 Å². The van der Waals surface area contributed by atoms with Crippen LogP contribution in [0.15, 0.2) is 18.2 Å². The SMILES string of the molecule is Cc1cc(C)cc(CC(=O)C2(CN)CCOCC2)c1. The second-order valence-corrected chi connectivity index (χ2v) is 5.69. The first-order valence-electron chi connectivity index (χ1n) is 6.94. The molecule has 1 aromatic carbocycles. The van der Waals surface area contributed by atoms with Crippen molar-refractivity contribution in [2.24, 2.45) is 11.1 Å². The molecule has 3 nitrogen and oxygen atoms in total. The standard InChI is InChI=1S/C16H23NO2/c1-12-7-13(2)9-14(8-12)10-15(18)16(11-17)3-5-19-6-4-16/h7-9H,3-6,10-11,17H2,1-2H3. The minimum absolute atomic E-state index is 0.267. The fourth-order valence-corrected chi connectivity index (χ4v) is 2.90. The fraction of sp³-hybridized carbons (Fsp3) is 0.562. The van der Waals surface area contributed by atoms with Gasteiger partial charge in [-0.25, -0.2) is 0 Å². The van der Waals surface area contributed by atoms with Crippen LogP contribution in [-0.2, 0) is 16.0 Å². The number of Topliss-reactive ketones (excluding diaryl/α,β-unsaturated/α-hetero) is 1. The average molecular weight is 261 g/mol. The maximum Gasteiger partial charge on any atom is 0.144 e. The summed E-state index contributed by atoms with van der Waals surface area (Å²) in [5.41, 5.74) is 9.02. The molecule has 1 heterocycles. The molecule has 0 radical (unpaired) electrons. The molecule has 1 saturated heterocycles. The molecule has 0 spiro atoms. The quantitative estimate of drug-likeness (QED) is 0.903. The summed E-state index contributed by atoms with van der Waals surface area (Å²) in [7, 11) is 0. The van der Waals surface area contributed by atoms with Gasteiger partial charge in [-0.1, -0.05) is 29.3 Å². The van der Waals surface area contributed by atoms with E-state index in [0.29, 0.717) is 26.2 Å². The van der Waals surface area contributed by atoms with E-state index >= 15 is 0 Å². The van der Waals surface area contributed by atoms with Crippen LogP contribution in [0.3, 0.4) is 0 Å². The van der Waals surface area contributed by atoms with Crippen molar-refractivity contribution in [2.75, 3.05) is 19.8 Å². The van der Waals surface area contributed by atoms with Gasteiger partial charge in [0.15, 0.2) is 0 Å². The highest BCUT2D eigenvalue weighted by Gasteiger charge is 2.38. The van der Waals surface area contributed by atoms with Crippen molar-refractivity contribution >= 4 is 5.78 Å². The molecule has 1 aromatic rings. The molecule has 1 fully saturated rings. The van der Waals surface area contributed by atoms with E-state index in [4.69, 9.17) is 10.5 Å². The number of ketones is 1. The maximum absolute atomic E-state index is 12.6. The van der Waals surface area contributed by atoms with E-state index in [1.165, 1.54) is 11.1 Å². The van der Waals surface area contributed by atoms with Crippen LogP contribution in [0, 0.1) is 19.3 Å². The van der Waals surface area contributed by atoms with E-state index in [0.717, 1.165) is 18.4 Å². The van der Waals surface area contributed by atoms with E-state index in [9.17, 15) is 4.79 Å². The van der Waals surface area contributed by atoms with Crippen molar-refractivity contribution in [3.8, 4) is 0 Å². The zero-order chi connectivity index (χ0) is 13.9. The second-order valence-electron chi connectivity index (χ2n) is 5.69. The van der Waals surface area contributed by atoms with Gasteiger partial charge in [-0.3, -0.25) is 4.79 Å². The van der Waals surface area contributed by atoms with Crippen molar-refractivity contribution < 1.29 is 9.53 Å². The molecule has 0 saturated carbocycles. The van der Waals surface area contributed by atoms with Crippen molar-refractivity contribution in [2.45, 2.75) is 33.1 Å². The number of ether oxygens (including phenoxy) is 1. The largest absolute Gasteiger partial charge is 0.381 e. The summed E-state index contributed by atoms with van der Waals surface area (Å²) in [4.78, 5) is 12.6. The molecule has 3 heteroatoms. The van der Waals surface area contributed by atoms with Crippen molar-refractivity contribution in [1.82, 2.24) is 0 Å². The van der Waals surface area contributed by atoms with Crippen LogP contribution in [0.5, 0.6) is 0 Å². The molecule has 2 rings (SSSR count). The van der Waals surface area contributed by atoms with E-state index < -0.39 is 0 Å². The van der Waals surface area contributed by atoms with E-state index in [1.807, 2.05) is 0 Å². The Balaban J connectivity index is 2.14. The molecule has 0 unspecified atom stereocenters. The highest BCUT2D eigenvalue weighted by Crippen LogP contribution is 2.31. The van der Waals surface area contributed by atoms with Gasteiger partial charge in [-0.15, -0.1) is 0 Å². The van der Waals surface area contributed by atoms with Gasteiger partial charge < -0.3 is 10.5 Å². The molecule has 0 atom stereocenters. The number of hydrogen-bond donors (Lipinski definition) is 1. The number of rotatable bonds is 4. The third-order valence-corrected chi connectivity index (χ3v) is 4.08. The normalized spacial score (nSPS) is 18.3. The Bertz CT molecular complexity index is 442. The van der Waals surface area contributed by atoms with Gasteiger partial charge in [-0.05, 0) is 32.3 Å². The summed E-state index contributed by atoms with van der Waals surface area (Å²) in [5, 5.41) is 0. The van der Waals surface area contributed by atoms with Crippen LogP contribution in [-0.4, -0.2) is 25.5 Å². The third-order valence-electron chi connectivity index (χ3n) is 4.08. The summed E-state index contributed by atoms with van der Waals surface area (Å²) >= 11 is 0. The minimum Gasteiger partial charge on any atom is -0.381 e. The van der Waals surface area contributed by atoms with Gasteiger partial charge in [0, 0.05) is 31.6 Å². The predicted molar refractivity (Wildman–Crippen MR) is 76.2 cm³/mol. The summed E-state index contributed by atoms with van der Waals surface area (Å²) in [6.45, 7) is 5.85. The average Bonchev–Trinajstić information content (AvgIpc) is 2.38. The molecule has 104 valence electrons. The molecule has 19 heavy (non-hydrogen) atoms. The smallest absolute Gasteiger partial charge is 0.144 e. The predicted octanol–water partition coefficient (Wildman–Crippen LogP) is 2.17. The Labute approximate surface area is 115 Å². The van der Waals surface area contributed by atoms with Crippen LogP contribution < -0.4 is 5.73 Å². The third kappa shape index (κ3) is 3.23. The number of carbonyl (C=O) groups is 1. The Morgan fingerprint density at radius 2 is 1.79 bits per heavy atom. The first-order chi connectivity index (χ1) is 9.05. The number of carbonyl (C=O) groups excluding carboxylic acids is 1. The van der Waals surface area contributed by atoms with Crippen molar-refractivity contribution in [3.63, 3.8) is 0 Å². The monoisotopic (exact) mass is 261 g/mol. The summed E-state index contributed by atoms with van der Waals surface area (Å²) in [6, 6.07) is 6.31. The van der Waals surface area contributed by atoms with Gasteiger partial charge in [-0.2, -0.15) is 0 Å². The van der Waals surface area contributed by atoms with E-state index in [2.05, 4.69) is 32.0 Å². The second kappa shape index (κ2) is 5.85. The first kappa shape index (κ1) is 14.2. The van der Waals surface area contributed by atoms with Crippen LogP contribution in [0.4, 0.5) is 0 Å². The number of hydrogen-bond acceptors (Lipinski definition) is 3. The molecule has 1 aliphatic rings. The summed E-state index contributed by atoms with van der Waals surface area (Å²) < 4.78 is 5.36. The van der Waals surface area contributed by atoms with Crippen LogP contribution in [0.25, 0.3) is 0 Å². The van der Waals surface area contributed by atoms with Gasteiger partial charge in [0.2, 0.25) is 0 Å². The van der Waals surface area contributed by atoms with Gasteiger partial charge in [0.1, 0.15) is 5.78 Å². The summed E-state index contributed by atoms with van der Waals surface area (Å²) in [6.07, 6.45) is 2.00. The lowest BCUT2D eigenvalue weighted by Gasteiger charge is -2.34. The maximum atomic E-state index is 12.6. The summed E-state index contributed by atoms with van der Waals surface area (Å²) in [5.74, 6) is 0.267. The molecule has 0 aromatic heterocycles.